The topological polar surface area (TPSA) is 24.5 Å². The van der Waals surface area contributed by atoms with E-state index in [-0.39, 0.29) is 0 Å². The van der Waals surface area contributed by atoms with Crippen molar-refractivity contribution in [3.05, 3.63) is 0 Å². The molecule has 3 heteroatoms. The number of hydrogen-bond acceptors (Lipinski definition) is 3. The van der Waals surface area contributed by atoms with E-state index in [0.717, 1.165) is 13.2 Å². The Labute approximate surface area is 101 Å². The Kier molecular flexibility index (Phi) is 5.73. The Morgan fingerprint density at radius 2 is 2.19 bits per heavy atom. The van der Waals surface area contributed by atoms with E-state index in [1.54, 1.807) is 7.11 Å². The normalized spacial score (nSPS) is 25.9. The predicted octanol–water partition coefficient (Wildman–Crippen LogP) is 1.73. The number of nitrogens with one attached hydrogen (secondary N) is 1. The van der Waals surface area contributed by atoms with Crippen molar-refractivity contribution in [1.29, 1.82) is 0 Å². The molecular formula is C13H28N2O. The molecule has 0 aliphatic carbocycles. The molecule has 1 saturated heterocycles. The molecule has 1 heterocycles. The van der Waals surface area contributed by atoms with Crippen molar-refractivity contribution in [3.63, 3.8) is 0 Å². The Hall–Kier alpha value is -0.120. The van der Waals surface area contributed by atoms with Gasteiger partial charge in [-0.05, 0) is 38.6 Å². The van der Waals surface area contributed by atoms with Crippen LogP contribution in [0.2, 0.25) is 0 Å². The molecular weight excluding hydrogens is 200 g/mol. The van der Waals surface area contributed by atoms with E-state index >= 15 is 0 Å². The Bertz CT molecular complexity index is 188. The van der Waals surface area contributed by atoms with Crippen LogP contribution < -0.4 is 5.32 Å². The smallest absolute Gasteiger partial charge is 0.0589 e. The van der Waals surface area contributed by atoms with Crippen LogP contribution in [0.15, 0.2) is 0 Å². The van der Waals surface area contributed by atoms with Crippen LogP contribution >= 0.6 is 0 Å². The molecule has 0 saturated carbocycles. The maximum Gasteiger partial charge on any atom is 0.0589 e. The summed E-state index contributed by atoms with van der Waals surface area (Å²) in [6.07, 6.45) is 2.59. The van der Waals surface area contributed by atoms with E-state index in [4.69, 9.17) is 4.74 Å². The van der Waals surface area contributed by atoms with Gasteiger partial charge in [0.15, 0.2) is 0 Å². The van der Waals surface area contributed by atoms with Gasteiger partial charge in [-0.2, -0.15) is 0 Å². The van der Waals surface area contributed by atoms with Gasteiger partial charge in [0.1, 0.15) is 0 Å². The van der Waals surface area contributed by atoms with Crippen molar-refractivity contribution in [1.82, 2.24) is 10.2 Å². The minimum absolute atomic E-state index is 0.498. The van der Waals surface area contributed by atoms with Gasteiger partial charge in [-0.1, -0.05) is 6.92 Å². The van der Waals surface area contributed by atoms with Gasteiger partial charge >= 0.3 is 0 Å². The van der Waals surface area contributed by atoms with Crippen LogP contribution in [-0.2, 0) is 4.74 Å². The van der Waals surface area contributed by atoms with Gasteiger partial charge in [-0.15, -0.1) is 0 Å². The summed E-state index contributed by atoms with van der Waals surface area (Å²) in [4.78, 5) is 2.56. The molecule has 0 aromatic carbocycles. The van der Waals surface area contributed by atoms with E-state index < -0.39 is 0 Å². The molecule has 0 radical (unpaired) electrons. The SMILES string of the molecule is CCC1(CN(CCOC)C(C)C)CCNC1. The van der Waals surface area contributed by atoms with Crippen molar-refractivity contribution >= 4 is 0 Å². The third kappa shape index (κ3) is 3.72. The minimum atomic E-state index is 0.498. The summed E-state index contributed by atoms with van der Waals surface area (Å²) in [5, 5.41) is 3.51. The fourth-order valence-corrected chi connectivity index (χ4v) is 2.50. The Morgan fingerprint density at radius 3 is 2.62 bits per heavy atom. The molecule has 0 aromatic rings. The van der Waals surface area contributed by atoms with E-state index in [2.05, 4.69) is 31.0 Å². The summed E-state index contributed by atoms with van der Waals surface area (Å²) in [7, 11) is 1.78. The number of nitrogens with zero attached hydrogens (tertiary/aromatic N) is 1. The maximum absolute atomic E-state index is 5.20. The van der Waals surface area contributed by atoms with Gasteiger partial charge in [0.2, 0.25) is 0 Å². The summed E-state index contributed by atoms with van der Waals surface area (Å²) in [5.41, 5.74) is 0.498. The fraction of sp³-hybridized carbons (Fsp3) is 1.00. The lowest BCUT2D eigenvalue weighted by Crippen LogP contribution is -2.43. The molecule has 1 N–H and O–H groups in total. The van der Waals surface area contributed by atoms with Gasteiger partial charge in [0.05, 0.1) is 6.61 Å². The number of ether oxygens (including phenoxy) is 1. The highest BCUT2D eigenvalue weighted by molar-refractivity contribution is 4.90. The molecule has 1 atom stereocenters. The summed E-state index contributed by atoms with van der Waals surface area (Å²) in [5.74, 6) is 0. The average molecular weight is 228 g/mol. The van der Waals surface area contributed by atoms with Crippen molar-refractivity contribution in [2.24, 2.45) is 5.41 Å². The van der Waals surface area contributed by atoms with Crippen LogP contribution in [0.3, 0.4) is 0 Å². The number of hydrogen-bond donors (Lipinski definition) is 1. The van der Waals surface area contributed by atoms with E-state index in [1.165, 1.54) is 32.5 Å². The molecule has 0 spiro atoms. The van der Waals surface area contributed by atoms with Gasteiger partial charge < -0.3 is 10.1 Å². The lowest BCUT2D eigenvalue weighted by Gasteiger charge is -2.36. The molecule has 1 fully saturated rings. The second kappa shape index (κ2) is 6.58. The summed E-state index contributed by atoms with van der Waals surface area (Å²) >= 11 is 0. The molecule has 1 rings (SSSR count). The molecule has 16 heavy (non-hydrogen) atoms. The third-order valence-corrected chi connectivity index (χ3v) is 3.93. The summed E-state index contributed by atoms with van der Waals surface area (Å²) in [6, 6.07) is 0.610. The van der Waals surface area contributed by atoms with E-state index in [0.29, 0.717) is 11.5 Å². The Balaban J connectivity index is 2.51. The second-order valence-electron chi connectivity index (χ2n) is 5.34. The van der Waals surface area contributed by atoms with Crippen LogP contribution in [0, 0.1) is 5.41 Å². The maximum atomic E-state index is 5.20. The number of rotatable bonds is 7. The molecule has 3 nitrogen and oxygen atoms in total. The third-order valence-electron chi connectivity index (χ3n) is 3.93. The molecule has 1 unspecified atom stereocenters. The van der Waals surface area contributed by atoms with Crippen LogP contribution in [0.5, 0.6) is 0 Å². The van der Waals surface area contributed by atoms with Crippen molar-refractivity contribution in [2.75, 3.05) is 39.9 Å². The molecule has 0 amide bonds. The van der Waals surface area contributed by atoms with Gasteiger partial charge in [0.25, 0.3) is 0 Å². The molecule has 96 valence electrons. The lowest BCUT2D eigenvalue weighted by atomic mass is 9.83. The Morgan fingerprint density at radius 1 is 1.44 bits per heavy atom. The largest absolute Gasteiger partial charge is 0.383 e. The first kappa shape index (κ1) is 13.9. The highest BCUT2D eigenvalue weighted by Gasteiger charge is 2.34. The highest BCUT2D eigenvalue weighted by atomic mass is 16.5. The number of methoxy groups -OCH3 is 1. The average Bonchev–Trinajstić information content (AvgIpc) is 2.73. The van der Waals surface area contributed by atoms with Crippen molar-refractivity contribution in [3.8, 4) is 0 Å². The van der Waals surface area contributed by atoms with Gasteiger partial charge in [-0.3, -0.25) is 4.90 Å². The van der Waals surface area contributed by atoms with Gasteiger partial charge in [0, 0.05) is 32.8 Å². The zero-order chi connectivity index (χ0) is 12.0. The highest BCUT2D eigenvalue weighted by Crippen LogP contribution is 2.30. The quantitative estimate of drug-likeness (QED) is 0.718. The standard InChI is InChI=1S/C13H28N2O/c1-5-13(6-7-14-10-13)11-15(12(2)3)8-9-16-4/h12,14H,5-11H2,1-4H3. The van der Waals surface area contributed by atoms with E-state index in [1.807, 2.05) is 0 Å². The molecule has 0 bridgehead atoms. The van der Waals surface area contributed by atoms with Crippen LogP contribution in [0.4, 0.5) is 0 Å². The minimum Gasteiger partial charge on any atom is -0.383 e. The van der Waals surface area contributed by atoms with Crippen molar-refractivity contribution < 1.29 is 4.74 Å². The predicted molar refractivity (Wildman–Crippen MR) is 68.8 cm³/mol. The van der Waals surface area contributed by atoms with Crippen molar-refractivity contribution in [2.45, 2.75) is 39.7 Å². The fourth-order valence-electron chi connectivity index (χ4n) is 2.50. The van der Waals surface area contributed by atoms with Gasteiger partial charge in [-0.25, -0.2) is 0 Å². The first-order valence-corrected chi connectivity index (χ1v) is 6.57. The lowest BCUT2D eigenvalue weighted by molar-refractivity contribution is 0.0887. The van der Waals surface area contributed by atoms with Crippen LogP contribution in [0.1, 0.15) is 33.6 Å². The first-order chi connectivity index (χ1) is 7.63. The van der Waals surface area contributed by atoms with Crippen LogP contribution in [-0.4, -0.2) is 50.8 Å². The summed E-state index contributed by atoms with van der Waals surface area (Å²) < 4.78 is 5.20. The monoisotopic (exact) mass is 228 g/mol. The molecule has 1 aliphatic heterocycles. The zero-order valence-corrected chi connectivity index (χ0v) is 11.4. The first-order valence-electron chi connectivity index (χ1n) is 6.57. The van der Waals surface area contributed by atoms with E-state index in [9.17, 15) is 0 Å². The molecule has 0 aromatic heterocycles. The second-order valence-corrected chi connectivity index (χ2v) is 5.34. The molecule has 1 aliphatic rings. The van der Waals surface area contributed by atoms with Crippen LogP contribution in [0.25, 0.3) is 0 Å². The zero-order valence-electron chi connectivity index (χ0n) is 11.4. The summed E-state index contributed by atoms with van der Waals surface area (Å²) in [6.45, 7) is 12.3.